The minimum Gasteiger partial charge on any atom is -0.396 e. The molecule has 0 saturated heterocycles. The van der Waals surface area contributed by atoms with E-state index < -0.39 is 23.4 Å². The Bertz CT molecular complexity index is 200. The van der Waals surface area contributed by atoms with E-state index in [0.717, 1.165) is 0 Å². The predicted molar refractivity (Wildman–Crippen MR) is 57.7 cm³/mol. The molecule has 0 saturated carbocycles. The molecule has 1 atom stereocenters. The quantitative estimate of drug-likeness (QED) is 0.610. The Hall–Kier alpha value is -0.140. The van der Waals surface area contributed by atoms with Crippen LogP contribution in [0.15, 0.2) is 0 Å². The average Bonchev–Trinajstić information content (AvgIpc) is 2.19. The van der Waals surface area contributed by atoms with Crippen LogP contribution in [0.2, 0.25) is 0 Å². The van der Waals surface area contributed by atoms with Crippen LogP contribution in [0.25, 0.3) is 0 Å². The van der Waals surface area contributed by atoms with Crippen molar-refractivity contribution in [3.05, 3.63) is 0 Å². The number of aliphatic hydroxyl groups excluding tert-OH is 1. The molecule has 0 rings (SSSR count). The van der Waals surface area contributed by atoms with Crippen molar-refractivity contribution in [1.82, 2.24) is 5.32 Å². The fourth-order valence-corrected chi connectivity index (χ4v) is 2.15. The minimum atomic E-state index is -4.21. The third-order valence-corrected chi connectivity index (χ3v) is 3.25. The van der Waals surface area contributed by atoms with Gasteiger partial charge in [-0.3, -0.25) is 4.21 Å². The molecule has 0 radical (unpaired) electrons. The van der Waals surface area contributed by atoms with Crippen LogP contribution in [0, 0.1) is 0 Å². The summed E-state index contributed by atoms with van der Waals surface area (Å²) in [4.78, 5) is 0. The second kappa shape index (κ2) is 8.95. The highest BCUT2D eigenvalue weighted by atomic mass is 32.2. The van der Waals surface area contributed by atoms with Gasteiger partial charge in [0.15, 0.2) is 0 Å². The van der Waals surface area contributed by atoms with Gasteiger partial charge in [0.1, 0.15) is 0 Å². The lowest BCUT2D eigenvalue weighted by atomic mass is 10.4. The van der Waals surface area contributed by atoms with Gasteiger partial charge in [-0.15, -0.1) is 0 Å². The van der Waals surface area contributed by atoms with Gasteiger partial charge >= 0.3 is 6.18 Å². The fraction of sp³-hybridized carbons (Fsp3) is 1.00. The van der Waals surface area contributed by atoms with Gasteiger partial charge in [-0.05, 0) is 25.9 Å². The average molecular weight is 261 g/mol. The highest BCUT2D eigenvalue weighted by Crippen LogP contribution is 2.19. The van der Waals surface area contributed by atoms with Crippen LogP contribution in [0.5, 0.6) is 0 Å². The molecule has 0 aromatic rings. The zero-order chi connectivity index (χ0) is 12.4. The van der Waals surface area contributed by atoms with E-state index in [-0.39, 0.29) is 12.4 Å². The summed E-state index contributed by atoms with van der Waals surface area (Å²) < 4.78 is 46.4. The van der Waals surface area contributed by atoms with Gasteiger partial charge in [0.2, 0.25) is 0 Å². The molecule has 0 aromatic carbocycles. The molecule has 1 unspecified atom stereocenters. The Morgan fingerprint density at radius 1 is 1.12 bits per heavy atom. The van der Waals surface area contributed by atoms with Gasteiger partial charge < -0.3 is 10.4 Å². The molecule has 0 aliphatic heterocycles. The Morgan fingerprint density at radius 2 is 1.75 bits per heavy atom. The van der Waals surface area contributed by atoms with Crippen molar-refractivity contribution >= 4 is 10.8 Å². The molecule has 0 amide bonds. The van der Waals surface area contributed by atoms with Crippen LogP contribution < -0.4 is 5.32 Å². The summed E-state index contributed by atoms with van der Waals surface area (Å²) in [6.07, 6.45) is -3.94. The molecule has 0 aromatic heterocycles. The third-order valence-electron chi connectivity index (χ3n) is 1.85. The first-order valence-corrected chi connectivity index (χ1v) is 6.68. The van der Waals surface area contributed by atoms with Crippen molar-refractivity contribution < 1.29 is 22.5 Å². The Kier molecular flexibility index (Phi) is 8.87. The molecule has 0 heterocycles. The second-order valence-corrected chi connectivity index (χ2v) is 5.09. The van der Waals surface area contributed by atoms with Gasteiger partial charge in [0, 0.05) is 28.9 Å². The molecule has 0 bridgehead atoms. The van der Waals surface area contributed by atoms with Crippen molar-refractivity contribution in [2.24, 2.45) is 0 Å². The van der Waals surface area contributed by atoms with Gasteiger partial charge in [0.25, 0.3) is 0 Å². The molecule has 0 aliphatic carbocycles. The number of rotatable bonds is 9. The highest BCUT2D eigenvalue weighted by molar-refractivity contribution is 7.84. The van der Waals surface area contributed by atoms with E-state index in [9.17, 15) is 17.4 Å². The van der Waals surface area contributed by atoms with Gasteiger partial charge in [-0.2, -0.15) is 13.2 Å². The lowest BCUT2D eigenvalue weighted by Crippen LogP contribution is -2.20. The highest BCUT2D eigenvalue weighted by Gasteiger charge is 2.27. The van der Waals surface area contributed by atoms with Gasteiger partial charge in [0.05, 0.1) is 6.42 Å². The van der Waals surface area contributed by atoms with Crippen LogP contribution in [0.3, 0.4) is 0 Å². The van der Waals surface area contributed by atoms with E-state index in [2.05, 4.69) is 5.32 Å². The normalized spacial score (nSPS) is 14.0. The van der Waals surface area contributed by atoms with E-state index in [1.165, 1.54) is 0 Å². The summed E-state index contributed by atoms with van der Waals surface area (Å²) in [6, 6.07) is 0. The monoisotopic (exact) mass is 261 g/mol. The maximum Gasteiger partial charge on any atom is 0.390 e. The first kappa shape index (κ1) is 15.9. The lowest BCUT2D eigenvalue weighted by molar-refractivity contribution is -0.129. The van der Waals surface area contributed by atoms with Crippen molar-refractivity contribution in [3.63, 3.8) is 0 Å². The van der Waals surface area contributed by atoms with E-state index in [0.29, 0.717) is 31.7 Å². The molecule has 7 heteroatoms. The van der Waals surface area contributed by atoms with Crippen molar-refractivity contribution in [1.29, 1.82) is 0 Å². The van der Waals surface area contributed by atoms with Gasteiger partial charge in [-0.1, -0.05) is 0 Å². The smallest absolute Gasteiger partial charge is 0.390 e. The Morgan fingerprint density at radius 3 is 2.31 bits per heavy atom. The maximum absolute atomic E-state index is 11.8. The molecule has 0 fully saturated rings. The van der Waals surface area contributed by atoms with Crippen LogP contribution in [-0.4, -0.2) is 46.7 Å². The molecule has 0 spiro atoms. The third kappa shape index (κ3) is 11.9. The van der Waals surface area contributed by atoms with Crippen LogP contribution in [0.1, 0.15) is 19.3 Å². The summed E-state index contributed by atoms with van der Waals surface area (Å²) in [7, 11) is -1.38. The van der Waals surface area contributed by atoms with Crippen LogP contribution in [0.4, 0.5) is 13.2 Å². The zero-order valence-electron chi connectivity index (χ0n) is 9.05. The lowest BCUT2D eigenvalue weighted by Gasteiger charge is -2.06. The second-order valence-electron chi connectivity index (χ2n) is 3.39. The van der Waals surface area contributed by atoms with E-state index in [4.69, 9.17) is 5.11 Å². The number of aliphatic hydroxyl groups is 1. The topological polar surface area (TPSA) is 49.3 Å². The first-order chi connectivity index (χ1) is 7.45. The number of halogens is 3. The summed E-state index contributed by atoms with van der Waals surface area (Å²) in [5, 5.41) is 11.5. The zero-order valence-corrected chi connectivity index (χ0v) is 9.87. The standard InChI is InChI=1S/C9H18F3NO2S/c10-9(11,12)3-8-16(15)7-2-5-13-4-1-6-14/h13-14H,1-8H2. The summed E-state index contributed by atoms with van der Waals surface area (Å²) in [5.41, 5.74) is 0. The fourth-order valence-electron chi connectivity index (χ4n) is 1.02. The summed E-state index contributed by atoms with van der Waals surface area (Å²) in [5.74, 6) is -0.0116. The number of hydrogen-bond donors (Lipinski definition) is 2. The molecule has 3 nitrogen and oxygen atoms in total. The molecule has 0 aliphatic rings. The molecule has 2 N–H and O–H groups in total. The Balaban J connectivity index is 3.31. The van der Waals surface area contributed by atoms with E-state index in [1.54, 1.807) is 0 Å². The van der Waals surface area contributed by atoms with Crippen molar-refractivity contribution in [2.45, 2.75) is 25.4 Å². The molecular formula is C9H18F3NO2S. The maximum atomic E-state index is 11.8. The molecular weight excluding hydrogens is 243 g/mol. The van der Waals surface area contributed by atoms with Crippen molar-refractivity contribution in [2.75, 3.05) is 31.2 Å². The summed E-state index contributed by atoms with van der Waals surface area (Å²) >= 11 is 0. The Labute approximate surface area is 95.9 Å². The van der Waals surface area contributed by atoms with E-state index >= 15 is 0 Å². The van der Waals surface area contributed by atoms with Crippen molar-refractivity contribution in [3.8, 4) is 0 Å². The number of hydrogen-bond acceptors (Lipinski definition) is 3. The summed E-state index contributed by atoms with van der Waals surface area (Å²) in [6.45, 7) is 1.41. The van der Waals surface area contributed by atoms with Gasteiger partial charge in [-0.25, -0.2) is 0 Å². The minimum absolute atomic E-state index is 0.116. The first-order valence-electron chi connectivity index (χ1n) is 5.19. The molecule has 98 valence electrons. The number of alkyl halides is 3. The van der Waals surface area contributed by atoms with Crippen LogP contribution in [-0.2, 0) is 10.8 Å². The van der Waals surface area contributed by atoms with E-state index in [1.807, 2.05) is 0 Å². The largest absolute Gasteiger partial charge is 0.396 e. The molecule has 16 heavy (non-hydrogen) atoms. The van der Waals surface area contributed by atoms with Crippen LogP contribution >= 0.6 is 0 Å². The SMILES string of the molecule is O=S(CCCNCCCO)CCC(F)(F)F. The number of nitrogens with one attached hydrogen (secondary N) is 1. The predicted octanol–water partition coefficient (Wildman–Crippen LogP) is 1.05.